The first-order valence-corrected chi connectivity index (χ1v) is 12.5. The van der Waals surface area contributed by atoms with Crippen LogP contribution < -0.4 is 19.1 Å². The molecule has 0 N–H and O–H groups in total. The van der Waals surface area contributed by atoms with E-state index in [9.17, 15) is 4.79 Å². The number of carbonyl (C=O) groups is 1. The summed E-state index contributed by atoms with van der Waals surface area (Å²) >= 11 is 1.54. The van der Waals surface area contributed by atoms with Crippen LogP contribution in [-0.2, 0) is 4.79 Å². The first-order chi connectivity index (χ1) is 16.8. The lowest BCUT2D eigenvalue weighted by Crippen LogP contribution is -2.36. The van der Waals surface area contributed by atoms with Crippen molar-refractivity contribution in [3.63, 3.8) is 0 Å². The van der Waals surface area contributed by atoms with Crippen LogP contribution >= 0.6 is 11.8 Å². The molecule has 0 aliphatic carbocycles. The predicted molar refractivity (Wildman–Crippen MR) is 136 cm³/mol. The van der Waals surface area contributed by atoms with E-state index in [0.717, 1.165) is 23.3 Å². The average molecular weight is 495 g/mol. The molecule has 2 heterocycles. The summed E-state index contributed by atoms with van der Waals surface area (Å²) in [6, 6.07) is 11.3. The van der Waals surface area contributed by atoms with Gasteiger partial charge in [0.15, 0.2) is 5.69 Å². The minimum absolute atomic E-state index is 0.190. The van der Waals surface area contributed by atoms with E-state index >= 15 is 0 Å². The molecule has 0 radical (unpaired) electrons. The standard InChI is InChI=1S/C26H30N4O4S/c1-15(2)11-12-35-26-27-24-23(28-29-26)20-13-16(3)7-10-21(20)30(17(4)31)25(34-24)19-9-8-18(32-5)14-22(19)33-6/h7-10,13-15,25H,11-12H2,1-6H3. The fraction of sp³-hybridized carbons (Fsp3) is 0.385. The number of methoxy groups -OCH3 is 2. The van der Waals surface area contributed by atoms with Gasteiger partial charge in [-0.3, -0.25) is 9.69 Å². The third-order valence-electron chi connectivity index (χ3n) is 5.73. The fourth-order valence-electron chi connectivity index (χ4n) is 3.89. The van der Waals surface area contributed by atoms with Crippen molar-refractivity contribution >= 4 is 23.4 Å². The molecule has 0 saturated heterocycles. The second-order valence-corrected chi connectivity index (χ2v) is 9.83. The Morgan fingerprint density at radius 2 is 1.94 bits per heavy atom. The molecule has 35 heavy (non-hydrogen) atoms. The van der Waals surface area contributed by atoms with Gasteiger partial charge in [-0.1, -0.05) is 37.2 Å². The van der Waals surface area contributed by atoms with E-state index in [4.69, 9.17) is 19.2 Å². The van der Waals surface area contributed by atoms with Crippen LogP contribution in [0.25, 0.3) is 11.3 Å². The molecule has 4 rings (SSSR count). The fourth-order valence-corrected chi connectivity index (χ4v) is 4.91. The van der Waals surface area contributed by atoms with Crippen molar-refractivity contribution in [2.45, 2.75) is 45.5 Å². The Morgan fingerprint density at radius 1 is 1.14 bits per heavy atom. The first kappa shape index (κ1) is 24.8. The molecular weight excluding hydrogens is 464 g/mol. The SMILES string of the molecule is COc1ccc(C2Oc3nc(SCCC(C)C)nnc3-c3cc(C)ccc3N2C(C)=O)c(OC)c1. The van der Waals surface area contributed by atoms with Gasteiger partial charge in [0.05, 0.1) is 25.5 Å². The van der Waals surface area contributed by atoms with Crippen LogP contribution in [0.15, 0.2) is 41.6 Å². The first-order valence-electron chi connectivity index (χ1n) is 11.5. The molecule has 1 aliphatic rings. The van der Waals surface area contributed by atoms with Crippen molar-refractivity contribution in [1.82, 2.24) is 15.2 Å². The Balaban J connectivity index is 1.88. The Labute approximate surface area is 210 Å². The van der Waals surface area contributed by atoms with Gasteiger partial charge in [0, 0.05) is 24.3 Å². The van der Waals surface area contributed by atoms with Gasteiger partial charge in [-0.15, -0.1) is 10.2 Å². The molecule has 1 amide bonds. The molecular formula is C26H30N4O4S. The monoisotopic (exact) mass is 494 g/mol. The number of ether oxygens (including phenoxy) is 3. The van der Waals surface area contributed by atoms with E-state index in [0.29, 0.717) is 45.4 Å². The van der Waals surface area contributed by atoms with Crippen LogP contribution in [0.1, 0.15) is 44.5 Å². The molecule has 8 nitrogen and oxygen atoms in total. The summed E-state index contributed by atoms with van der Waals surface area (Å²) in [5.74, 6) is 2.77. The maximum Gasteiger partial charge on any atom is 0.247 e. The van der Waals surface area contributed by atoms with E-state index < -0.39 is 6.23 Å². The van der Waals surface area contributed by atoms with E-state index in [2.05, 4.69) is 24.0 Å². The number of benzene rings is 2. The van der Waals surface area contributed by atoms with Crippen molar-refractivity contribution in [3.05, 3.63) is 47.5 Å². The number of aryl methyl sites for hydroxylation is 1. The number of rotatable bonds is 7. The third kappa shape index (κ3) is 5.19. The van der Waals surface area contributed by atoms with Crippen molar-refractivity contribution in [2.75, 3.05) is 24.9 Å². The Hall–Kier alpha value is -3.33. The summed E-state index contributed by atoms with van der Waals surface area (Å²) in [5.41, 5.74) is 3.59. The van der Waals surface area contributed by atoms with Gasteiger partial charge in [0.25, 0.3) is 0 Å². The lowest BCUT2D eigenvalue weighted by molar-refractivity contribution is -0.118. The van der Waals surface area contributed by atoms with Crippen molar-refractivity contribution in [1.29, 1.82) is 0 Å². The quantitative estimate of drug-likeness (QED) is 0.401. The highest BCUT2D eigenvalue weighted by Gasteiger charge is 2.36. The number of hydrogen-bond acceptors (Lipinski definition) is 8. The van der Waals surface area contributed by atoms with Crippen molar-refractivity contribution in [3.8, 4) is 28.6 Å². The number of nitrogens with zero attached hydrogens (tertiary/aromatic N) is 4. The van der Waals surface area contributed by atoms with E-state index in [-0.39, 0.29) is 5.91 Å². The van der Waals surface area contributed by atoms with Crippen LogP contribution in [0.4, 0.5) is 5.69 Å². The molecule has 3 aromatic rings. The summed E-state index contributed by atoms with van der Waals surface area (Å²) in [6.07, 6.45) is 0.207. The van der Waals surface area contributed by atoms with Crippen molar-refractivity contribution in [2.24, 2.45) is 5.92 Å². The van der Waals surface area contributed by atoms with Gasteiger partial charge in [-0.2, -0.15) is 4.98 Å². The van der Waals surface area contributed by atoms with Crippen LogP contribution in [-0.4, -0.2) is 41.1 Å². The van der Waals surface area contributed by atoms with Gasteiger partial charge in [-0.05, 0) is 43.5 Å². The minimum atomic E-state index is -0.832. The predicted octanol–water partition coefficient (Wildman–Crippen LogP) is 5.45. The number of amides is 1. The van der Waals surface area contributed by atoms with Crippen molar-refractivity contribution < 1.29 is 19.0 Å². The normalized spacial score (nSPS) is 14.6. The lowest BCUT2D eigenvalue weighted by Gasteiger charge is -2.30. The number of thioether (sulfide) groups is 1. The van der Waals surface area contributed by atoms with E-state index in [1.807, 2.05) is 37.3 Å². The number of anilines is 1. The second-order valence-electron chi connectivity index (χ2n) is 8.77. The third-order valence-corrected chi connectivity index (χ3v) is 6.60. The molecule has 1 aromatic heterocycles. The molecule has 0 bridgehead atoms. The summed E-state index contributed by atoms with van der Waals surface area (Å²) in [5, 5.41) is 9.40. The Kier molecular flexibility index (Phi) is 7.45. The summed E-state index contributed by atoms with van der Waals surface area (Å²) in [4.78, 5) is 19.4. The minimum Gasteiger partial charge on any atom is -0.497 e. The van der Waals surface area contributed by atoms with Gasteiger partial charge < -0.3 is 14.2 Å². The van der Waals surface area contributed by atoms with Gasteiger partial charge in [0.2, 0.25) is 23.2 Å². The molecule has 9 heteroatoms. The molecule has 0 saturated carbocycles. The molecule has 0 spiro atoms. The summed E-state index contributed by atoms with van der Waals surface area (Å²) in [6.45, 7) is 7.87. The molecule has 184 valence electrons. The highest BCUT2D eigenvalue weighted by Crippen LogP contribution is 2.45. The highest BCUT2D eigenvalue weighted by atomic mass is 32.2. The van der Waals surface area contributed by atoms with Gasteiger partial charge in [0.1, 0.15) is 11.5 Å². The van der Waals surface area contributed by atoms with Crippen LogP contribution in [0, 0.1) is 12.8 Å². The molecule has 1 atom stereocenters. The van der Waals surface area contributed by atoms with Crippen LogP contribution in [0.3, 0.4) is 0 Å². The number of aromatic nitrogens is 3. The Morgan fingerprint density at radius 3 is 2.63 bits per heavy atom. The van der Waals surface area contributed by atoms with Crippen LogP contribution in [0.2, 0.25) is 0 Å². The zero-order valence-electron chi connectivity index (χ0n) is 20.9. The zero-order chi connectivity index (χ0) is 25.1. The Bertz CT molecular complexity index is 1230. The maximum absolute atomic E-state index is 13.0. The largest absolute Gasteiger partial charge is 0.497 e. The number of fused-ring (bicyclic) bond motifs is 3. The zero-order valence-corrected chi connectivity index (χ0v) is 21.7. The molecule has 1 aliphatic heterocycles. The summed E-state index contributed by atoms with van der Waals surface area (Å²) in [7, 11) is 3.17. The average Bonchev–Trinajstić information content (AvgIpc) is 2.97. The van der Waals surface area contributed by atoms with E-state index in [1.54, 1.807) is 36.9 Å². The number of hydrogen-bond donors (Lipinski definition) is 0. The molecule has 0 fully saturated rings. The summed E-state index contributed by atoms with van der Waals surface area (Å²) < 4.78 is 17.5. The van der Waals surface area contributed by atoms with Gasteiger partial charge >= 0.3 is 0 Å². The second kappa shape index (κ2) is 10.5. The van der Waals surface area contributed by atoms with E-state index in [1.165, 1.54) is 6.92 Å². The molecule has 1 unspecified atom stereocenters. The lowest BCUT2D eigenvalue weighted by atomic mass is 10.0. The highest BCUT2D eigenvalue weighted by molar-refractivity contribution is 7.99. The molecule has 2 aromatic carbocycles. The van der Waals surface area contributed by atoms with Crippen LogP contribution in [0.5, 0.6) is 17.4 Å². The smallest absolute Gasteiger partial charge is 0.247 e. The number of carbonyl (C=O) groups excluding carboxylic acids is 1. The topological polar surface area (TPSA) is 86.7 Å². The maximum atomic E-state index is 13.0. The van der Waals surface area contributed by atoms with Gasteiger partial charge in [-0.25, -0.2) is 0 Å².